The molecule has 0 fully saturated rings. The molecule has 0 aliphatic heterocycles. The van der Waals surface area contributed by atoms with Crippen LogP contribution in [0.2, 0.25) is 0 Å². The second-order valence-electron chi connectivity index (χ2n) is 6.70. The maximum Gasteiger partial charge on any atom is 0.228 e. The molecule has 0 saturated heterocycles. The highest BCUT2D eigenvalue weighted by molar-refractivity contribution is 5.82. The minimum absolute atomic E-state index is 0.0542. The molecule has 0 saturated carbocycles. The van der Waals surface area contributed by atoms with E-state index in [0.29, 0.717) is 0 Å². The van der Waals surface area contributed by atoms with Crippen LogP contribution in [0.3, 0.4) is 0 Å². The Kier molecular flexibility index (Phi) is 3.67. The molecule has 0 aliphatic rings. The van der Waals surface area contributed by atoms with Gasteiger partial charge in [-0.3, -0.25) is 4.79 Å². The molecule has 0 atom stereocenters. The van der Waals surface area contributed by atoms with Gasteiger partial charge in [-0.05, 0) is 10.8 Å². The topological polar surface area (TPSA) is 20.3 Å². The van der Waals surface area contributed by atoms with Gasteiger partial charge in [-0.1, -0.05) is 48.5 Å². The van der Waals surface area contributed by atoms with Gasteiger partial charge in [-0.15, -0.1) is 0 Å². The van der Waals surface area contributed by atoms with E-state index in [9.17, 15) is 4.79 Å². The molecule has 0 heterocycles. The Morgan fingerprint density at radius 3 is 1.40 bits per heavy atom. The van der Waals surface area contributed by atoms with Crippen LogP contribution >= 0.6 is 0 Å². The van der Waals surface area contributed by atoms with Crippen molar-refractivity contribution in [3.8, 4) is 0 Å². The summed E-state index contributed by atoms with van der Waals surface area (Å²) in [5.41, 5.74) is -0.307. The summed E-state index contributed by atoms with van der Waals surface area (Å²) in [6.07, 6.45) is 0. The molecule has 0 aliphatic carbocycles. The van der Waals surface area contributed by atoms with Gasteiger partial charge in [-0.25, -0.2) is 0 Å². The van der Waals surface area contributed by atoms with Crippen molar-refractivity contribution in [2.24, 2.45) is 16.2 Å². The third-order valence-electron chi connectivity index (χ3n) is 4.38. The summed E-state index contributed by atoms with van der Waals surface area (Å²) in [6, 6.07) is 0. The largest absolute Gasteiger partial charge is 0.348 e. The fourth-order valence-electron chi connectivity index (χ4n) is 1.76. The van der Waals surface area contributed by atoms with Crippen molar-refractivity contribution in [3.05, 3.63) is 0 Å². The van der Waals surface area contributed by atoms with Crippen molar-refractivity contribution in [3.63, 3.8) is 0 Å². The van der Waals surface area contributed by atoms with Crippen LogP contribution in [-0.4, -0.2) is 24.9 Å². The van der Waals surface area contributed by atoms with Gasteiger partial charge in [0.1, 0.15) is 0 Å². The summed E-state index contributed by atoms with van der Waals surface area (Å²) in [4.78, 5) is 13.9. The number of carbonyl (C=O) groups excluding carboxylic acids is 1. The molecular formula is C13H27NO. The standard InChI is InChI=1S/C13H27NO/c1-11(2,3)13(6,7)12(4,5)10(15)14(8)9/h1-9H3. The second kappa shape index (κ2) is 3.80. The monoisotopic (exact) mass is 213 g/mol. The van der Waals surface area contributed by atoms with Crippen molar-refractivity contribution in [1.29, 1.82) is 0 Å². The highest BCUT2D eigenvalue weighted by atomic mass is 16.2. The highest BCUT2D eigenvalue weighted by Crippen LogP contribution is 2.51. The lowest BCUT2D eigenvalue weighted by Crippen LogP contribution is -2.51. The Bertz CT molecular complexity index is 244. The van der Waals surface area contributed by atoms with Crippen molar-refractivity contribution >= 4 is 5.91 Å². The first-order chi connectivity index (χ1) is 6.35. The van der Waals surface area contributed by atoms with E-state index in [2.05, 4.69) is 34.6 Å². The Morgan fingerprint density at radius 2 is 1.20 bits per heavy atom. The molecule has 90 valence electrons. The van der Waals surface area contributed by atoms with Crippen molar-refractivity contribution < 1.29 is 4.79 Å². The lowest BCUT2D eigenvalue weighted by Gasteiger charge is -2.50. The zero-order valence-electron chi connectivity index (χ0n) is 11.9. The van der Waals surface area contributed by atoms with E-state index in [1.54, 1.807) is 4.90 Å². The molecule has 2 heteroatoms. The van der Waals surface area contributed by atoms with Crippen molar-refractivity contribution in [1.82, 2.24) is 4.90 Å². The molecular weight excluding hydrogens is 186 g/mol. The third-order valence-corrected chi connectivity index (χ3v) is 4.38. The van der Waals surface area contributed by atoms with Gasteiger partial charge in [0.2, 0.25) is 5.91 Å². The predicted molar refractivity (Wildman–Crippen MR) is 65.7 cm³/mol. The fourth-order valence-corrected chi connectivity index (χ4v) is 1.76. The van der Waals surface area contributed by atoms with Crippen LogP contribution in [0.5, 0.6) is 0 Å². The van der Waals surface area contributed by atoms with E-state index in [1.165, 1.54) is 0 Å². The summed E-state index contributed by atoms with van der Waals surface area (Å²) in [6.45, 7) is 15.0. The zero-order valence-corrected chi connectivity index (χ0v) is 11.9. The minimum atomic E-state index is -0.352. The van der Waals surface area contributed by atoms with Crippen LogP contribution in [0.4, 0.5) is 0 Å². The lowest BCUT2D eigenvalue weighted by molar-refractivity contribution is -0.150. The van der Waals surface area contributed by atoms with Crippen LogP contribution in [0, 0.1) is 16.2 Å². The van der Waals surface area contributed by atoms with Crippen LogP contribution in [0.15, 0.2) is 0 Å². The van der Waals surface area contributed by atoms with E-state index >= 15 is 0 Å². The molecule has 0 aromatic carbocycles. The summed E-state index contributed by atoms with van der Waals surface area (Å²) in [7, 11) is 3.64. The van der Waals surface area contributed by atoms with Gasteiger partial charge in [-0.2, -0.15) is 0 Å². The number of carbonyl (C=O) groups is 1. The summed E-state index contributed by atoms with van der Waals surface area (Å²) >= 11 is 0. The van der Waals surface area contributed by atoms with Crippen molar-refractivity contribution in [2.45, 2.75) is 48.5 Å². The molecule has 0 aromatic rings. The molecule has 0 aromatic heterocycles. The van der Waals surface area contributed by atoms with Gasteiger partial charge < -0.3 is 4.90 Å². The normalized spacial score (nSPS) is 13.9. The highest BCUT2D eigenvalue weighted by Gasteiger charge is 2.50. The minimum Gasteiger partial charge on any atom is -0.348 e. The van der Waals surface area contributed by atoms with E-state index in [-0.39, 0.29) is 22.2 Å². The smallest absolute Gasteiger partial charge is 0.228 e. The number of hydrogen-bond donors (Lipinski definition) is 0. The van der Waals surface area contributed by atoms with E-state index in [1.807, 2.05) is 27.9 Å². The summed E-state index contributed by atoms with van der Waals surface area (Å²) < 4.78 is 0. The molecule has 0 radical (unpaired) electrons. The molecule has 0 rings (SSSR count). The average molecular weight is 213 g/mol. The van der Waals surface area contributed by atoms with Gasteiger partial charge in [0.15, 0.2) is 0 Å². The lowest BCUT2D eigenvalue weighted by atomic mass is 9.55. The summed E-state index contributed by atoms with van der Waals surface area (Å²) in [5.74, 6) is 0.197. The number of rotatable bonds is 2. The quantitative estimate of drug-likeness (QED) is 0.690. The SMILES string of the molecule is CN(C)C(=O)C(C)(C)C(C)(C)C(C)(C)C. The molecule has 0 spiro atoms. The average Bonchev–Trinajstić information content (AvgIpc) is 2.00. The van der Waals surface area contributed by atoms with E-state index in [0.717, 1.165) is 0 Å². The Labute approximate surface area is 95.0 Å². The van der Waals surface area contributed by atoms with Gasteiger partial charge in [0.05, 0.1) is 0 Å². The molecule has 0 bridgehead atoms. The van der Waals surface area contributed by atoms with Crippen molar-refractivity contribution in [2.75, 3.05) is 14.1 Å². The third kappa shape index (κ3) is 2.35. The van der Waals surface area contributed by atoms with E-state index < -0.39 is 0 Å². The summed E-state index contributed by atoms with van der Waals surface area (Å²) in [5, 5.41) is 0. The van der Waals surface area contributed by atoms with Crippen LogP contribution in [0.25, 0.3) is 0 Å². The number of hydrogen-bond acceptors (Lipinski definition) is 1. The van der Waals surface area contributed by atoms with Gasteiger partial charge in [0.25, 0.3) is 0 Å². The van der Waals surface area contributed by atoms with E-state index in [4.69, 9.17) is 0 Å². The van der Waals surface area contributed by atoms with Gasteiger partial charge >= 0.3 is 0 Å². The molecule has 0 N–H and O–H groups in total. The molecule has 1 amide bonds. The first-order valence-corrected chi connectivity index (χ1v) is 5.57. The number of amides is 1. The Morgan fingerprint density at radius 1 is 0.867 bits per heavy atom. The van der Waals surface area contributed by atoms with Crippen LogP contribution in [-0.2, 0) is 4.79 Å². The maximum absolute atomic E-state index is 12.2. The fraction of sp³-hybridized carbons (Fsp3) is 0.923. The van der Waals surface area contributed by atoms with Crippen LogP contribution in [0.1, 0.15) is 48.5 Å². The first-order valence-electron chi connectivity index (χ1n) is 5.57. The Balaban J connectivity index is 5.29. The second-order valence-corrected chi connectivity index (χ2v) is 6.70. The Hall–Kier alpha value is -0.530. The maximum atomic E-state index is 12.2. The molecule has 15 heavy (non-hydrogen) atoms. The zero-order chi connectivity index (χ0) is 12.7. The van der Waals surface area contributed by atoms with Gasteiger partial charge in [0, 0.05) is 19.5 Å². The molecule has 0 unspecified atom stereocenters. The predicted octanol–water partition coefficient (Wildman–Crippen LogP) is 3.17. The number of nitrogens with zero attached hydrogens (tertiary/aromatic N) is 1. The van der Waals surface area contributed by atoms with Crippen LogP contribution < -0.4 is 0 Å². The first kappa shape index (κ1) is 14.5. The molecule has 2 nitrogen and oxygen atoms in total.